The van der Waals surface area contributed by atoms with Crippen molar-refractivity contribution in [2.75, 3.05) is 6.66 Å². The Kier molecular flexibility index (Phi) is 5.09. The van der Waals surface area contributed by atoms with Crippen molar-refractivity contribution in [3.05, 3.63) is 0 Å². The Bertz CT molecular complexity index is 177. The molecule has 0 spiro atoms. The van der Waals surface area contributed by atoms with Gasteiger partial charge in [-0.1, -0.05) is 11.6 Å². The fourth-order valence-corrected chi connectivity index (χ4v) is 1.01. The lowest BCUT2D eigenvalue weighted by atomic mass is 10.8. The molecule has 1 nitrogen and oxygen atoms in total. The zero-order valence-corrected chi connectivity index (χ0v) is 6.84. The molecule has 0 saturated heterocycles. The van der Waals surface area contributed by atoms with Gasteiger partial charge in [0.2, 0.25) is 0 Å². The lowest BCUT2D eigenvalue weighted by molar-refractivity contribution is 1.48. The first-order valence-electron chi connectivity index (χ1n) is 2.64. The molecule has 0 aliphatic carbocycles. The van der Waals surface area contributed by atoms with Crippen LogP contribution < -0.4 is 5.09 Å². The van der Waals surface area contributed by atoms with Gasteiger partial charge in [0.1, 0.15) is 0 Å². The predicted octanol–water partition coefficient (Wildman–Crippen LogP) is 1.56. The number of rotatable bonds is 1. The summed E-state index contributed by atoms with van der Waals surface area (Å²) < 4.78 is 0. The Balaban J connectivity index is 3.54. The first kappa shape index (κ1) is 8.35. The normalized spacial score (nSPS) is 9.67. The molecule has 1 unspecified atom stereocenters. The standard InChI is InChI=1S/C7H10NP/c1-4-6-8-9(3)7-5-2/h8H,1-3H3. The van der Waals surface area contributed by atoms with E-state index in [2.05, 4.69) is 28.6 Å². The number of hydrogen-bond acceptors (Lipinski definition) is 1. The van der Waals surface area contributed by atoms with Crippen molar-refractivity contribution < 1.29 is 0 Å². The second kappa shape index (κ2) is 5.49. The molecule has 1 N–H and O–H groups in total. The lowest BCUT2D eigenvalue weighted by Gasteiger charge is -1.97. The van der Waals surface area contributed by atoms with Gasteiger partial charge in [-0.15, -0.1) is 5.92 Å². The third-order valence-electron chi connectivity index (χ3n) is 0.628. The van der Waals surface area contributed by atoms with Crippen LogP contribution in [0.2, 0.25) is 0 Å². The molecule has 0 rings (SSSR count). The average Bonchev–Trinajstić information content (AvgIpc) is 1.85. The molecule has 0 radical (unpaired) electrons. The van der Waals surface area contributed by atoms with Gasteiger partial charge in [-0.05, 0) is 20.5 Å². The average molecular weight is 139 g/mol. The molecule has 0 aromatic heterocycles. The summed E-state index contributed by atoms with van der Waals surface area (Å²) in [6, 6.07) is 2.76. The highest BCUT2D eigenvalue weighted by molar-refractivity contribution is 7.60. The molecule has 48 valence electrons. The van der Waals surface area contributed by atoms with Gasteiger partial charge in [-0.25, -0.2) is 0 Å². The van der Waals surface area contributed by atoms with Crippen LogP contribution in [0.15, 0.2) is 0 Å². The van der Waals surface area contributed by atoms with E-state index in [4.69, 9.17) is 0 Å². The van der Waals surface area contributed by atoms with Gasteiger partial charge in [-0.3, -0.25) is 0 Å². The van der Waals surface area contributed by atoms with Crippen molar-refractivity contribution in [1.29, 1.82) is 0 Å². The summed E-state index contributed by atoms with van der Waals surface area (Å²) in [7, 11) is -0.371. The zero-order chi connectivity index (χ0) is 7.11. The van der Waals surface area contributed by atoms with Gasteiger partial charge in [0.15, 0.2) is 0 Å². The van der Waals surface area contributed by atoms with Crippen LogP contribution in [0.3, 0.4) is 0 Å². The maximum atomic E-state index is 2.98. The molecule has 0 aromatic carbocycles. The van der Waals surface area contributed by atoms with E-state index < -0.39 is 0 Å². The molecule has 0 aliphatic rings. The van der Waals surface area contributed by atoms with E-state index in [1.54, 1.807) is 6.92 Å². The van der Waals surface area contributed by atoms with E-state index in [9.17, 15) is 0 Å². The number of nitrogens with one attached hydrogen (secondary N) is 1. The highest BCUT2D eigenvalue weighted by Gasteiger charge is 1.86. The maximum absolute atomic E-state index is 2.98. The summed E-state index contributed by atoms with van der Waals surface area (Å²) >= 11 is 0. The van der Waals surface area contributed by atoms with Crippen molar-refractivity contribution in [3.63, 3.8) is 0 Å². The minimum atomic E-state index is -0.371. The Morgan fingerprint density at radius 3 is 2.33 bits per heavy atom. The largest absolute Gasteiger partial charge is 0.314 e. The molecule has 0 bridgehead atoms. The maximum Gasteiger partial charge on any atom is 0.0720 e. The van der Waals surface area contributed by atoms with Crippen LogP contribution in [-0.2, 0) is 0 Å². The molecule has 9 heavy (non-hydrogen) atoms. The Hall–Kier alpha value is -0.650. The third-order valence-corrected chi connectivity index (χ3v) is 1.63. The van der Waals surface area contributed by atoms with E-state index in [0.29, 0.717) is 0 Å². The van der Waals surface area contributed by atoms with E-state index in [-0.39, 0.29) is 8.07 Å². The highest BCUT2D eigenvalue weighted by Crippen LogP contribution is 2.20. The second-order valence-electron chi connectivity index (χ2n) is 1.41. The van der Waals surface area contributed by atoms with E-state index >= 15 is 0 Å². The smallest absolute Gasteiger partial charge is 0.0720 e. The van der Waals surface area contributed by atoms with Crippen LogP contribution in [-0.4, -0.2) is 6.66 Å². The third kappa shape index (κ3) is 5.22. The van der Waals surface area contributed by atoms with Crippen LogP contribution in [0.25, 0.3) is 0 Å². The summed E-state index contributed by atoms with van der Waals surface area (Å²) in [6.45, 7) is 5.67. The van der Waals surface area contributed by atoms with Gasteiger partial charge in [-0.2, -0.15) is 0 Å². The van der Waals surface area contributed by atoms with Gasteiger partial charge >= 0.3 is 0 Å². The second-order valence-corrected chi connectivity index (χ2v) is 2.97. The molecule has 0 fully saturated rings. The number of hydrogen-bond donors (Lipinski definition) is 1. The van der Waals surface area contributed by atoms with Crippen LogP contribution >= 0.6 is 8.07 Å². The van der Waals surface area contributed by atoms with Gasteiger partial charge in [0, 0.05) is 6.04 Å². The molecular formula is C7H10NP. The molecule has 2 heteroatoms. The minimum absolute atomic E-state index is 0.371. The first-order valence-corrected chi connectivity index (χ1v) is 4.43. The monoisotopic (exact) mass is 139 g/mol. The summed E-state index contributed by atoms with van der Waals surface area (Å²) in [5, 5.41) is 2.96. The molecule has 0 aliphatic heterocycles. The SMILES string of the molecule is CC#CNP(C)C#CC. The van der Waals surface area contributed by atoms with Crippen molar-refractivity contribution in [1.82, 2.24) is 5.09 Å². The van der Waals surface area contributed by atoms with Crippen LogP contribution in [0, 0.1) is 23.5 Å². The predicted molar refractivity (Wildman–Crippen MR) is 42.9 cm³/mol. The molecular weight excluding hydrogens is 129 g/mol. The van der Waals surface area contributed by atoms with Crippen molar-refractivity contribution in [2.24, 2.45) is 0 Å². The Morgan fingerprint density at radius 1 is 1.22 bits per heavy atom. The van der Waals surface area contributed by atoms with E-state index in [1.807, 2.05) is 13.6 Å². The fourth-order valence-electron chi connectivity index (χ4n) is 0.335. The molecule has 0 heterocycles. The molecule has 0 saturated carbocycles. The Labute approximate surface area is 58.0 Å². The summed E-state index contributed by atoms with van der Waals surface area (Å²) in [5.41, 5.74) is 2.98. The van der Waals surface area contributed by atoms with E-state index in [1.165, 1.54) is 0 Å². The lowest BCUT2D eigenvalue weighted by Crippen LogP contribution is -1.92. The quantitative estimate of drug-likeness (QED) is 0.330. The molecule has 0 aromatic rings. The summed E-state index contributed by atoms with van der Waals surface area (Å²) in [4.78, 5) is 0. The first-order chi connectivity index (χ1) is 4.31. The van der Waals surface area contributed by atoms with Crippen LogP contribution in [0.5, 0.6) is 0 Å². The zero-order valence-electron chi connectivity index (χ0n) is 5.95. The summed E-state index contributed by atoms with van der Waals surface area (Å²) in [5.74, 6) is 5.57. The van der Waals surface area contributed by atoms with Crippen LogP contribution in [0.4, 0.5) is 0 Å². The van der Waals surface area contributed by atoms with Crippen molar-refractivity contribution in [3.8, 4) is 23.5 Å². The molecule has 0 amide bonds. The van der Waals surface area contributed by atoms with Crippen molar-refractivity contribution >= 4 is 8.07 Å². The fraction of sp³-hybridized carbons (Fsp3) is 0.429. The molecule has 1 atom stereocenters. The van der Waals surface area contributed by atoms with Gasteiger partial charge < -0.3 is 5.09 Å². The summed E-state index contributed by atoms with van der Waals surface area (Å²) in [6.07, 6.45) is 0. The van der Waals surface area contributed by atoms with E-state index in [0.717, 1.165) is 0 Å². The van der Waals surface area contributed by atoms with Gasteiger partial charge in [0.05, 0.1) is 8.07 Å². The van der Waals surface area contributed by atoms with Crippen molar-refractivity contribution in [2.45, 2.75) is 13.8 Å². The Morgan fingerprint density at radius 2 is 1.89 bits per heavy atom. The van der Waals surface area contributed by atoms with Gasteiger partial charge in [0.25, 0.3) is 0 Å². The minimum Gasteiger partial charge on any atom is -0.314 e. The topological polar surface area (TPSA) is 12.0 Å². The van der Waals surface area contributed by atoms with Crippen LogP contribution in [0.1, 0.15) is 13.8 Å². The highest BCUT2D eigenvalue weighted by atomic mass is 31.1.